The Morgan fingerprint density at radius 2 is 1.81 bits per heavy atom. The van der Waals surface area contributed by atoms with Crippen molar-refractivity contribution in [1.29, 1.82) is 0 Å². The molecule has 7 heteroatoms. The number of nitrogens with zero attached hydrogens (tertiary/aromatic N) is 4. The Hall–Kier alpha value is -3.45. The van der Waals surface area contributed by atoms with Crippen LogP contribution in [0.25, 0.3) is 16.7 Å². The first-order valence-electron chi connectivity index (χ1n) is 8.59. The van der Waals surface area contributed by atoms with Crippen molar-refractivity contribution in [2.24, 2.45) is 0 Å². The molecule has 0 atom stereocenters. The molecule has 2 heterocycles. The van der Waals surface area contributed by atoms with Gasteiger partial charge in [0.1, 0.15) is 5.75 Å². The summed E-state index contributed by atoms with van der Waals surface area (Å²) in [7, 11) is 1.64. The van der Waals surface area contributed by atoms with Gasteiger partial charge in [-0.25, -0.2) is 9.67 Å². The molecule has 0 saturated heterocycles. The predicted octanol–water partition coefficient (Wildman–Crippen LogP) is 3.10. The zero-order valence-electron chi connectivity index (χ0n) is 14.8. The van der Waals surface area contributed by atoms with Gasteiger partial charge >= 0.3 is 0 Å². The number of ether oxygens (including phenoxy) is 1. The number of benzene rings is 2. The number of aliphatic hydroxyl groups is 1. The van der Waals surface area contributed by atoms with Crippen LogP contribution >= 0.6 is 0 Å². The van der Waals surface area contributed by atoms with Crippen LogP contribution in [-0.2, 0) is 6.42 Å². The number of nitrogens with one attached hydrogen (secondary N) is 1. The molecule has 0 saturated carbocycles. The van der Waals surface area contributed by atoms with E-state index in [1.807, 2.05) is 48.5 Å². The topological polar surface area (TPSA) is 85.1 Å². The molecule has 4 rings (SSSR count). The van der Waals surface area contributed by atoms with Gasteiger partial charge in [-0.1, -0.05) is 12.1 Å². The molecule has 0 aliphatic rings. The summed E-state index contributed by atoms with van der Waals surface area (Å²) in [6.07, 6.45) is 4.13. The van der Waals surface area contributed by atoms with E-state index in [1.165, 1.54) is 0 Å². The Bertz CT molecular complexity index is 1040. The van der Waals surface area contributed by atoms with Crippen molar-refractivity contribution in [1.82, 2.24) is 19.7 Å². The molecule has 136 valence electrons. The summed E-state index contributed by atoms with van der Waals surface area (Å²) in [5.74, 6) is 1.28. The second-order valence-corrected chi connectivity index (χ2v) is 6.02. The van der Waals surface area contributed by atoms with Gasteiger partial charge in [0.05, 0.1) is 24.4 Å². The molecule has 0 spiro atoms. The summed E-state index contributed by atoms with van der Waals surface area (Å²) < 4.78 is 6.97. The third kappa shape index (κ3) is 3.58. The molecule has 0 radical (unpaired) electrons. The minimum atomic E-state index is 0.141. The van der Waals surface area contributed by atoms with Crippen molar-refractivity contribution in [2.75, 3.05) is 19.0 Å². The molecule has 0 bridgehead atoms. The van der Waals surface area contributed by atoms with Crippen molar-refractivity contribution in [3.8, 4) is 11.4 Å². The molecular formula is C20H19N5O2. The van der Waals surface area contributed by atoms with Gasteiger partial charge in [-0.05, 0) is 48.4 Å². The second kappa shape index (κ2) is 7.43. The van der Waals surface area contributed by atoms with E-state index in [2.05, 4.69) is 20.4 Å². The van der Waals surface area contributed by atoms with E-state index in [0.29, 0.717) is 12.4 Å². The highest BCUT2D eigenvalue weighted by Gasteiger charge is 2.09. The lowest BCUT2D eigenvalue weighted by Gasteiger charge is -2.07. The first-order chi connectivity index (χ1) is 13.3. The fraction of sp³-hybridized carbons (Fsp3) is 0.150. The molecule has 0 amide bonds. The maximum Gasteiger partial charge on any atom is 0.229 e. The van der Waals surface area contributed by atoms with Crippen molar-refractivity contribution < 1.29 is 9.84 Å². The minimum Gasteiger partial charge on any atom is -0.497 e. The van der Waals surface area contributed by atoms with Crippen LogP contribution in [0.2, 0.25) is 0 Å². The van der Waals surface area contributed by atoms with Crippen LogP contribution in [0.3, 0.4) is 0 Å². The molecule has 2 aromatic carbocycles. The lowest BCUT2D eigenvalue weighted by molar-refractivity contribution is 0.299. The quantitative estimate of drug-likeness (QED) is 0.549. The molecule has 2 aromatic heterocycles. The second-order valence-electron chi connectivity index (χ2n) is 6.02. The van der Waals surface area contributed by atoms with Gasteiger partial charge in [0.2, 0.25) is 5.95 Å². The number of hydrogen-bond donors (Lipinski definition) is 2. The highest BCUT2D eigenvalue weighted by molar-refractivity contribution is 5.77. The SMILES string of the molecule is COc1ccc(-n2ncc3cnc(Nc4ccc(CCO)cc4)nc32)cc1. The largest absolute Gasteiger partial charge is 0.497 e. The summed E-state index contributed by atoms with van der Waals surface area (Å²) in [6, 6.07) is 15.5. The number of anilines is 2. The summed E-state index contributed by atoms with van der Waals surface area (Å²) in [4.78, 5) is 8.97. The summed E-state index contributed by atoms with van der Waals surface area (Å²) >= 11 is 0. The van der Waals surface area contributed by atoms with Crippen LogP contribution < -0.4 is 10.1 Å². The molecule has 0 unspecified atom stereocenters. The van der Waals surface area contributed by atoms with E-state index in [1.54, 1.807) is 24.2 Å². The van der Waals surface area contributed by atoms with Gasteiger partial charge < -0.3 is 15.2 Å². The summed E-state index contributed by atoms with van der Waals surface area (Å²) in [6.45, 7) is 0.141. The fourth-order valence-electron chi connectivity index (χ4n) is 2.80. The number of hydrogen-bond acceptors (Lipinski definition) is 6. The Morgan fingerprint density at radius 3 is 2.52 bits per heavy atom. The van der Waals surface area contributed by atoms with Gasteiger partial charge in [-0.15, -0.1) is 0 Å². The molecule has 2 N–H and O–H groups in total. The minimum absolute atomic E-state index is 0.141. The number of aliphatic hydroxyl groups excluding tert-OH is 1. The van der Waals surface area contributed by atoms with Gasteiger partial charge in [-0.3, -0.25) is 0 Å². The fourth-order valence-corrected chi connectivity index (χ4v) is 2.80. The number of fused-ring (bicyclic) bond motifs is 1. The third-order valence-electron chi connectivity index (χ3n) is 4.24. The average molecular weight is 361 g/mol. The first-order valence-corrected chi connectivity index (χ1v) is 8.59. The van der Waals surface area contributed by atoms with Crippen LogP contribution in [0.1, 0.15) is 5.56 Å². The zero-order valence-corrected chi connectivity index (χ0v) is 14.8. The molecule has 0 fully saturated rings. The van der Waals surface area contributed by atoms with E-state index < -0.39 is 0 Å². The van der Waals surface area contributed by atoms with Crippen molar-refractivity contribution in [3.63, 3.8) is 0 Å². The van der Waals surface area contributed by atoms with E-state index in [-0.39, 0.29) is 6.61 Å². The Morgan fingerprint density at radius 1 is 1.04 bits per heavy atom. The Kier molecular flexibility index (Phi) is 4.67. The molecule has 0 aliphatic heterocycles. The van der Waals surface area contributed by atoms with Crippen molar-refractivity contribution in [2.45, 2.75) is 6.42 Å². The Balaban J connectivity index is 1.63. The van der Waals surface area contributed by atoms with E-state index in [0.717, 1.165) is 33.7 Å². The van der Waals surface area contributed by atoms with E-state index in [4.69, 9.17) is 9.84 Å². The van der Waals surface area contributed by atoms with Crippen LogP contribution in [0.4, 0.5) is 11.6 Å². The monoisotopic (exact) mass is 361 g/mol. The van der Waals surface area contributed by atoms with Crippen LogP contribution in [0.5, 0.6) is 5.75 Å². The van der Waals surface area contributed by atoms with Gasteiger partial charge in [0.15, 0.2) is 5.65 Å². The molecule has 0 aliphatic carbocycles. The highest BCUT2D eigenvalue weighted by Crippen LogP contribution is 2.21. The molecule has 7 nitrogen and oxygen atoms in total. The zero-order chi connectivity index (χ0) is 18.6. The summed E-state index contributed by atoms with van der Waals surface area (Å²) in [5.41, 5.74) is 3.57. The van der Waals surface area contributed by atoms with Gasteiger partial charge in [0.25, 0.3) is 0 Å². The lowest BCUT2D eigenvalue weighted by Crippen LogP contribution is -2.01. The summed E-state index contributed by atoms with van der Waals surface area (Å²) in [5, 5.41) is 17.5. The maximum atomic E-state index is 9.00. The van der Waals surface area contributed by atoms with Crippen molar-refractivity contribution >= 4 is 22.7 Å². The van der Waals surface area contributed by atoms with E-state index in [9.17, 15) is 0 Å². The number of methoxy groups -OCH3 is 1. The molecule has 27 heavy (non-hydrogen) atoms. The maximum absolute atomic E-state index is 9.00. The first kappa shape index (κ1) is 17.0. The Labute approximate surface area is 156 Å². The molecule has 4 aromatic rings. The smallest absolute Gasteiger partial charge is 0.229 e. The van der Waals surface area contributed by atoms with Crippen molar-refractivity contribution in [3.05, 3.63) is 66.5 Å². The van der Waals surface area contributed by atoms with Gasteiger partial charge in [-0.2, -0.15) is 10.1 Å². The molecular weight excluding hydrogens is 342 g/mol. The number of rotatable bonds is 6. The lowest BCUT2D eigenvalue weighted by atomic mass is 10.1. The van der Waals surface area contributed by atoms with Crippen LogP contribution in [0, 0.1) is 0 Å². The van der Waals surface area contributed by atoms with E-state index >= 15 is 0 Å². The third-order valence-corrected chi connectivity index (χ3v) is 4.24. The predicted molar refractivity (Wildman–Crippen MR) is 104 cm³/mol. The normalized spacial score (nSPS) is 10.9. The number of aromatic nitrogens is 4. The standard InChI is InChI=1S/C20H19N5O2/c1-27-18-8-6-17(7-9-18)25-19-15(13-22-25)12-21-20(24-19)23-16-4-2-14(3-5-16)10-11-26/h2-9,12-13,26H,10-11H2,1H3,(H,21,23,24). The highest BCUT2D eigenvalue weighted by atomic mass is 16.5. The van der Waals surface area contributed by atoms with Crippen LogP contribution in [0.15, 0.2) is 60.9 Å². The van der Waals surface area contributed by atoms with Gasteiger partial charge in [0, 0.05) is 18.5 Å². The average Bonchev–Trinajstić information content (AvgIpc) is 3.13. The van der Waals surface area contributed by atoms with Crippen LogP contribution in [-0.4, -0.2) is 38.6 Å².